The van der Waals surface area contributed by atoms with E-state index in [4.69, 9.17) is 20.3 Å². The first-order valence-corrected chi connectivity index (χ1v) is 5.26. The third-order valence-corrected chi connectivity index (χ3v) is 2.38. The van der Waals surface area contributed by atoms with Crippen molar-refractivity contribution in [3.8, 4) is 11.5 Å². The third kappa shape index (κ3) is 3.01. The molecule has 4 N–H and O–H groups in total. The smallest absolute Gasteiger partial charge is 0.304 e. The van der Waals surface area contributed by atoms with E-state index in [0.717, 1.165) is 5.69 Å². The summed E-state index contributed by atoms with van der Waals surface area (Å²) in [5.74, 6) is 0.497. The molecule has 0 saturated heterocycles. The molecule has 0 bridgehead atoms. The normalized spacial score (nSPS) is 14.4. The van der Waals surface area contributed by atoms with Gasteiger partial charge in [-0.15, -0.1) is 0 Å². The molecule has 0 saturated carbocycles. The first-order chi connectivity index (χ1) is 8.15. The van der Waals surface area contributed by atoms with Gasteiger partial charge in [-0.1, -0.05) is 0 Å². The van der Waals surface area contributed by atoms with E-state index in [-0.39, 0.29) is 13.2 Å². The van der Waals surface area contributed by atoms with Crippen LogP contribution in [0.15, 0.2) is 18.2 Å². The molecule has 1 unspecified atom stereocenters. The first kappa shape index (κ1) is 11.5. The minimum atomic E-state index is -0.898. The van der Waals surface area contributed by atoms with Crippen LogP contribution in [0.25, 0.3) is 0 Å². The Morgan fingerprint density at radius 3 is 3.00 bits per heavy atom. The van der Waals surface area contributed by atoms with E-state index in [2.05, 4.69) is 5.32 Å². The molecule has 1 heterocycles. The minimum Gasteiger partial charge on any atom is -0.481 e. The second kappa shape index (κ2) is 4.92. The van der Waals surface area contributed by atoms with Crippen molar-refractivity contribution >= 4 is 11.7 Å². The van der Waals surface area contributed by atoms with Crippen molar-refractivity contribution in [2.75, 3.05) is 18.7 Å². The minimum absolute atomic E-state index is 0.0580. The Kier molecular flexibility index (Phi) is 3.34. The number of ether oxygens (including phenoxy) is 2. The molecular weight excluding hydrogens is 224 g/mol. The quantitative estimate of drug-likeness (QED) is 0.696. The van der Waals surface area contributed by atoms with Crippen molar-refractivity contribution in [1.82, 2.24) is 0 Å². The Hall–Kier alpha value is -1.95. The van der Waals surface area contributed by atoms with Crippen molar-refractivity contribution in [2.24, 2.45) is 5.73 Å². The van der Waals surface area contributed by atoms with E-state index in [1.165, 1.54) is 0 Å². The van der Waals surface area contributed by atoms with E-state index in [9.17, 15) is 4.79 Å². The maximum absolute atomic E-state index is 10.4. The van der Waals surface area contributed by atoms with Gasteiger partial charge < -0.3 is 25.6 Å². The molecule has 0 fully saturated rings. The molecule has 0 spiro atoms. The van der Waals surface area contributed by atoms with Crippen molar-refractivity contribution in [2.45, 2.75) is 12.5 Å². The Morgan fingerprint density at radius 2 is 2.24 bits per heavy atom. The third-order valence-electron chi connectivity index (χ3n) is 2.38. The number of anilines is 1. The molecule has 17 heavy (non-hydrogen) atoms. The number of carboxylic acid groups (broad SMARTS) is 1. The highest BCUT2D eigenvalue weighted by Crippen LogP contribution is 2.34. The number of nitrogens with two attached hydrogens (primary N) is 1. The second-order valence-electron chi connectivity index (χ2n) is 3.81. The number of hydrogen-bond donors (Lipinski definition) is 3. The fourth-order valence-electron chi connectivity index (χ4n) is 1.55. The highest BCUT2D eigenvalue weighted by Gasteiger charge is 2.13. The van der Waals surface area contributed by atoms with Gasteiger partial charge >= 0.3 is 5.97 Å². The summed E-state index contributed by atoms with van der Waals surface area (Å²) in [7, 11) is 0. The largest absolute Gasteiger partial charge is 0.481 e. The molecule has 1 aliphatic rings. The summed E-state index contributed by atoms with van der Waals surface area (Å²) >= 11 is 0. The lowest BCUT2D eigenvalue weighted by atomic mass is 10.2. The van der Waals surface area contributed by atoms with Crippen LogP contribution < -0.4 is 20.5 Å². The number of carbonyl (C=O) groups is 1. The summed E-state index contributed by atoms with van der Waals surface area (Å²) in [4.78, 5) is 10.4. The van der Waals surface area contributed by atoms with E-state index in [1.54, 1.807) is 12.1 Å². The highest BCUT2D eigenvalue weighted by molar-refractivity contribution is 5.67. The fourth-order valence-corrected chi connectivity index (χ4v) is 1.55. The van der Waals surface area contributed by atoms with Crippen LogP contribution in [0, 0.1) is 0 Å². The highest BCUT2D eigenvalue weighted by atomic mass is 16.7. The lowest BCUT2D eigenvalue weighted by Crippen LogP contribution is -2.31. The van der Waals surface area contributed by atoms with Crippen LogP contribution >= 0.6 is 0 Å². The molecule has 92 valence electrons. The van der Waals surface area contributed by atoms with Gasteiger partial charge in [-0.3, -0.25) is 4.79 Å². The molecule has 0 aliphatic carbocycles. The second-order valence-corrected chi connectivity index (χ2v) is 3.81. The topological polar surface area (TPSA) is 93.8 Å². The Morgan fingerprint density at radius 1 is 1.47 bits per heavy atom. The molecule has 6 heteroatoms. The van der Waals surface area contributed by atoms with Gasteiger partial charge in [-0.25, -0.2) is 0 Å². The van der Waals surface area contributed by atoms with Gasteiger partial charge in [0.2, 0.25) is 6.79 Å². The Labute approximate surface area is 98.3 Å². The lowest BCUT2D eigenvalue weighted by Gasteiger charge is -2.11. The lowest BCUT2D eigenvalue weighted by molar-refractivity contribution is -0.137. The van der Waals surface area contributed by atoms with Crippen LogP contribution in [-0.4, -0.2) is 30.5 Å². The zero-order valence-corrected chi connectivity index (χ0v) is 9.18. The SMILES string of the molecule is NC(CNc1ccc2c(c1)OCO2)CC(=O)O. The number of benzene rings is 1. The summed E-state index contributed by atoms with van der Waals surface area (Å²) in [5.41, 5.74) is 6.46. The Bertz CT molecular complexity index is 422. The van der Waals surface area contributed by atoms with Crippen LogP contribution in [0.2, 0.25) is 0 Å². The zero-order valence-electron chi connectivity index (χ0n) is 9.18. The van der Waals surface area contributed by atoms with Crippen LogP contribution in [0.3, 0.4) is 0 Å². The monoisotopic (exact) mass is 238 g/mol. The molecule has 1 aliphatic heterocycles. The molecule has 0 aromatic heterocycles. The standard InChI is InChI=1S/C11H14N2O4/c12-7(3-11(14)15)5-13-8-1-2-9-10(4-8)17-6-16-9/h1-2,4,7,13H,3,5-6,12H2,(H,14,15). The van der Waals surface area contributed by atoms with Crippen molar-refractivity contribution < 1.29 is 19.4 Å². The number of aliphatic carboxylic acids is 1. The number of carboxylic acids is 1. The molecule has 1 aromatic rings. The summed E-state index contributed by atoms with van der Waals surface area (Å²) in [5, 5.41) is 11.6. The van der Waals surface area contributed by atoms with E-state index in [0.29, 0.717) is 18.0 Å². The molecule has 1 atom stereocenters. The van der Waals surface area contributed by atoms with Crippen LogP contribution in [-0.2, 0) is 4.79 Å². The van der Waals surface area contributed by atoms with Crippen molar-refractivity contribution in [1.29, 1.82) is 0 Å². The summed E-state index contributed by atoms with van der Waals surface area (Å²) in [6, 6.07) is 5.02. The van der Waals surface area contributed by atoms with Crippen molar-refractivity contribution in [3.05, 3.63) is 18.2 Å². The molecular formula is C11H14N2O4. The summed E-state index contributed by atoms with van der Waals surface area (Å²) in [6.07, 6.45) is -0.0580. The summed E-state index contributed by atoms with van der Waals surface area (Å²) < 4.78 is 10.4. The first-order valence-electron chi connectivity index (χ1n) is 5.26. The number of fused-ring (bicyclic) bond motifs is 1. The molecule has 2 rings (SSSR count). The van der Waals surface area contributed by atoms with Crippen LogP contribution in [0.4, 0.5) is 5.69 Å². The van der Waals surface area contributed by atoms with Crippen LogP contribution in [0.5, 0.6) is 11.5 Å². The average molecular weight is 238 g/mol. The summed E-state index contributed by atoms with van der Waals surface area (Å²) in [6.45, 7) is 0.628. The predicted molar refractivity (Wildman–Crippen MR) is 61.3 cm³/mol. The average Bonchev–Trinajstić information content (AvgIpc) is 2.72. The van der Waals surface area contributed by atoms with Gasteiger partial charge in [0.05, 0.1) is 6.42 Å². The predicted octanol–water partition coefficient (Wildman–Crippen LogP) is 0.629. The number of rotatable bonds is 5. The van der Waals surface area contributed by atoms with Crippen molar-refractivity contribution in [3.63, 3.8) is 0 Å². The van der Waals surface area contributed by atoms with Crippen LogP contribution in [0.1, 0.15) is 6.42 Å². The zero-order chi connectivity index (χ0) is 12.3. The number of nitrogens with one attached hydrogen (secondary N) is 1. The van der Waals surface area contributed by atoms with Gasteiger partial charge in [0, 0.05) is 24.3 Å². The fraction of sp³-hybridized carbons (Fsp3) is 0.364. The van der Waals surface area contributed by atoms with Gasteiger partial charge in [0.15, 0.2) is 11.5 Å². The van der Waals surface area contributed by atoms with Gasteiger partial charge in [-0.05, 0) is 12.1 Å². The van der Waals surface area contributed by atoms with E-state index < -0.39 is 12.0 Å². The molecule has 1 aromatic carbocycles. The van der Waals surface area contributed by atoms with Gasteiger partial charge in [-0.2, -0.15) is 0 Å². The van der Waals surface area contributed by atoms with Gasteiger partial charge in [0.1, 0.15) is 0 Å². The molecule has 6 nitrogen and oxygen atoms in total. The Balaban J connectivity index is 1.89. The van der Waals surface area contributed by atoms with E-state index >= 15 is 0 Å². The molecule has 0 radical (unpaired) electrons. The van der Waals surface area contributed by atoms with E-state index in [1.807, 2.05) is 6.07 Å². The van der Waals surface area contributed by atoms with Gasteiger partial charge in [0.25, 0.3) is 0 Å². The maximum atomic E-state index is 10.4. The maximum Gasteiger partial charge on any atom is 0.304 e. The molecule has 0 amide bonds. The number of hydrogen-bond acceptors (Lipinski definition) is 5.